The molecule has 1 amide bonds. The maximum atomic E-state index is 11.7. The van der Waals surface area contributed by atoms with Gasteiger partial charge in [-0.2, -0.15) is 0 Å². The van der Waals surface area contributed by atoms with Gasteiger partial charge in [-0.3, -0.25) is 4.79 Å². The zero-order chi connectivity index (χ0) is 13.8. The van der Waals surface area contributed by atoms with Crippen LogP contribution in [0.3, 0.4) is 0 Å². The van der Waals surface area contributed by atoms with Crippen molar-refractivity contribution in [3.05, 3.63) is 27.1 Å². The second-order valence-electron chi connectivity index (χ2n) is 4.25. The van der Waals surface area contributed by atoms with Gasteiger partial charge in [0.25, 0.3) is 0 Å². The number of anilines is 1. The first-order chi connectivity index (χ1) is 9.10. The summed E-state index contributed by atoms with van der Waals surface area (Å²) in [6, 6.07) is 3.47. The number of aromatic amines is 2. The molecule has 1 aromatic carbocycles. The number of carbonyl (C=O) groups excluding carboxylic acids is 1. The lowest BCUT2D eigenvalue weighted by Gasteiger charge is -2.07. The number of carbonyl (C=O) groups is 1. The van der Waals surface area contributed by atoms with E-state index in [1.165, 1.54) is 0 Å². The smallest absolute Gasteiger partial charge is 0.323 e. The van der Waals surface area contributed by atoms with Crippen molar-refractivity contribution in [3.8, 4) is 0 Å². The molecule has 0 aliphatic carbocycles. The van der Waals surface area contributed by atoms with Gasteiger partial charge in [0.1, 0.15) is 0 Å². The molecule has 0 spiro atoms. The summed E-state index contributed by atoms with van der Waals surface area (Å²) in [6.45, 7) is 0.591. The van der Waals surface area contributed by atoms with Crippen molar-refractivity contribution in [2.24, 2.45) is 5.73 Å². The molecule has 2 aromatic rings. The molecule has 0 radical (unpaired) electrons. The molecule has 0 aliphatic rings. The maximum Gasteiger partial charge on any atom is 0.323 e. The number of nitrogens with one attached hydrogen (secondary N) is 3. The highest BCUT2D eigenvalue weighted by Gasteiger charge is 2.08. The quantitative estimate of drug-likeness (QED) is 0.628. The van der Waals surface area contributed by atoms with Crippen molar-refractivity contribution in [2.45, 2.75) is 19.3 Å². The topological polar surface area (TPSA) is 104 Å². The summed E-state index contributed by atoms with van der Waals surface area (Å²) in [5.41, 5.74) is 7.10. The molecule has 0 fully saturated rings. The number of nitrogens with two attached hydrogens (primary N) is 1. The van der Waals surface area contributed by atoms with E-state index >= 15 is 0 Å². The fourth-order valence-electron chi connectivity index (χ4n) is 1.79. The molecule has 0 atom stereocenters. The van der Waals surface area contributed by atoms with Crippen LogP contribution in [0.5, 0.6) is 0 Å². The lowest BCUT2D eigenvalue weighted by Crippen LogP contribution is -2.12. The fraction of sp³-hybridized carbons (Fsp3) is 0.333. The number of hydrogen-bond donors (Lipinski definition) is 4. The number of rotatable bonds is 5. The number of aromatic nitrogens is 2. The standard InChI is InChI=1S/C12H15BrN4O2/c13-7-5-9-10(17-12(19)16-9)6-8(7)15-11(18)3-1-2-4-14/h5-6H,1-4,14H2,(H,15,18)(H2,16,17,19). The Morgan fingerprint density at radius 2 is 1.95 bits per heavy atom. The Morgan fingerprint density at radius 3 is 2.63 bits per heavy atom. The minimum atomic E-state index is -0.270. The molecule has 19 heavy (non-hydrogen) atoms. The van der Waals surface area contributed by atoms with Crippen LogP contribution in [0, 0.1) is 0 Å². The Bertz CT molecular complexity index is 647. The molecule has 0 unspecified atom stereocenters. The van der Waals surface area contributed by atoms with E-state index in [2.05, 4.69) is 31.2 Å². The van der Waals surface area contributed by atoms with E-state index in [0.29, 0.717) is 29.7 Å². The summed E-state index contributed by atoms with van der Waals surface area (Å²) in [6.07, 6.45) is 2.03. The zero-order valence-electron chi connectivity index (χ0n) is 10.3. The second kappa shape index (κ2) is 6.03. The van der Waals surface area contributed by atoms with Crippen molar-refractivity contribution in [1.29, 1.82) is 0 Å². The van der Waals surface area contributed by atoms with Crippen LogP contribution in [0.2, 0.25) is 0 Å². The summed E-state index contributed by atoms with van der Waals surface area (Å²) >= 11 is 3.37. The van der Waals surface area contributed by atoms with E-state index in [9.17, 15) is 9.59 Å². The average Bonchev–Trinajstić information content (AvgIpc) is 2.69. The fourth-order valence-corrected chi connectivity index (χ4v) is 2.24. The first kappa shape index (κ1) is 13.8. The number of H-pyrrole nitrogens is 2. The van der Waals surface area contributed by atoms with Crippen molar-refractivity contribution >= 4 is 38.6 Å². The Morgan fingerprint density at radius 1 is 1.26 bits per heavy atom. The van der Waals surface area contributed by atoms with Crippen LogP contribution in [0.4, 0.5) is 5.69 Å². The van der Waals surface area contributed by atoms with Crippen molar-refractivity contribution in [2.75, 3.05) is 11.9 Å². The zero-order valence-corrected chi connectivity index (χ0v) is 11.8. The Kier molecular flexibility index (Phi) is 4.39. The molecule has 102 valence electrons. The highest BCUT2D eigenvalue weighted by atomic mass is 79.9. The molecule has 6 nitrogen and oxygen atoms in total. The van der Waals surface area contributed by atoms with E-state index in [1.807, 2.05) is 0 Å². The largest absolute Gasteiger partial charge is 0.330 e. The first-order valence-electron chi connectivity index (χ1n) is 6.01. The van der Waals surface area contributed by atoms with Crippen LogP contribution in [-0.2, 0) is 4.79 Å². The van der Waals surface area contributed by atoms with Gasteiger partial charge in [0.05, 0.1) is 16.7 Å². The van der Waals surface area contributed by atoms with Gasteiger partial charge in [0, 0.05) is 10.9 Å². The molecule has 0 saturated carbocycles. The molecular formula is C12H15BrN4O2. The maximum absolute atomic E-state index is 11.7. The molecule has 0 bridgehead atoms. The van der Waals surface area contributed by atoms with Crippen LogP contribution in [-0.4, -0.2) is 22.4 Å². The Balaban J connectivity index is 2.13. The molecule has 1 heterocycles. The minimum absolute atomic E-state index is 0.0635. The van der Waals surface area contributed by atoms with E-state index in [1.54, 1.807) is 12.1 Å². The summed E-state index contributed by atoms with van der Waals surface area (Å²) < 4.78 is 0.724. The molecule has 5 N–H and O–H groups in total. The van der Waals surface area contributed by atoms with Crippen LogP contribution >= 0.6 is 15.9 Å². The third-order valence-corrected chi connectivity index (χ3v) is 3.39. The molecule has 1 aromatic heterocycles. The second-order valence-corrected chi connectivity index (χ2v) is 5.11. The van der Waals surface area contributed by atoms with Gasteiger partial charge in [0.2, 0.25) is 5.91 Å². The normalized spacial score (nSPS) is 10.8. The summed E-state index contributed by atoms with van der Waals surface area (Å²) in [7, 11) is 0. The van der Waals surface area contributed by atoms with Gasteiger partial charge < -0.3 is 21.0 Å². The molecule has 2 rings (SSSR count). The van der Waals surface area contributed by atoms with Crippen molar-refractivity contribution < 1.29 is 4.79 Å². The lowest BCUT2D eigenvalue weighted by molar-refractivity contribution is -0.116. The first-order valence-corrected chi connectivity index (χ1v) is 6.81. The number of hydrogen-bond acceptors (Lipinski definition) is 3. The van der Waals surface area contributed by atoms with Gasteiger partial charge in [0.15, 0.2) is 0 Å². The van der Waals surface area contributed by atoms with Gasteiger partial charge in [-0.1, -0.05) is 0 Å². The number of imidazole rings is 1. The predicted molar refractivity (Wildman–Crippen MR) is 78.2 cm³/mol. The van der Waals surface area contributed by atoms with E-state index in [-0.39, 0.29) is 11.6 Å². The van der Waals surface area contributed by atoms with E-state index < -0.39 is 0 Å². The lowest BCUT2D eigenvalue weighted by atomic mass is 10.2. The minimum Gasteiger partial charge on any atom is -0.330 e. The summed E-state index contributed by atoms with van der Waals surface area (Å²) in [5, 5.41) is 2.81. The van der Waals surface area contributed by atoms with Crippen LogP contribution in [0.1, 0.15) is 19.3 Å². The number of benzene rings is 1. The molecule has 0 aliphatic heterocycles. The molecular weight excluding hydrogens is 312 g/mol. The molecule has 7 heteroatoms. The highest BCUT2D eigenvalue weighted by Crippen LogP contribution is 2.26. The Hall–Kier alpha value is -1.60. The SMILES string of the molecule is NCCCCC(=O)Nc1cc2[nH]c(=O)[nH]c2cc1Br. The molecule has 0 saturated heterocycles. The third kappa shape index (κ3) is 3.45. The highest BCUT2D eigenvalue weighted by molar-refractivity contribution is 9.10. The van der Waals surface area contributed by atoms with Crippen LogP contribution in [0.25, 0.3) is 11.0 Å². The number of fused-ring (bicyclic) bond motifs is 1. The number of halogens is 1. The van der Waals surface area contributed by atoms with Gasteiger partial charge >= 0.3 is 5.69 Å². The Labute approximate surface area is 117 Å². The van der Waals surface area contributed by atoms with Crippen molar-refractivity contribution in [3.63, 3.8) is 0 Å². The van der Waals surface area contributed by atoms with Gasteiger partial charge in [-0.15, -0.1) is 0 Å². The van der Waals surface area contributed by atoms with Crippen molar-refractivity contribution in [1.82, 2.24) is 9.97 Å². The van der Waals surface area contributed by atoms with E-state index in [4.69, 9.17) is 5.73 Å². The van der Waals surface area contributed by atoms with E-state index in [0.717, 1.165) is 17.3 Å². The van der Waals surface area contributed by atoms with Crippen LogP contribution < -0.4 is 16.7 Å². The number of unbranched alkanes of at least 4 members (excludes halogenated alkanes) is 1. The van der Waals surface area contributed by atoms with Gasteiger partial charge in [-0.05, 0) is 47.4 Å². The average molecular weight is 327 g/mol. The number of amides is 1. The predicted octanol–water partition coefficient (Wildman–Crippen LogP) is 1.69. The summed E-state index contributed by atoms with van der Waals surface area (Å²) in [4.78, 5) is 28.2. The van der Waals surface area contributed by atoms with Gasteiger partial charge in [-0.25, -0.2) is 4.79 Å². The summed E-state index contributed by atoms with van der Waals surface area (Å²) in [5.74, 6) is -0.0635. The monoisotopic (exact) mass is 326 g/mol. The van der Waals surface area contributed by atoms with Crippen LogP contribution in [0.15, 0.2) is 21.4 Å². The third-order valence-electron chi connectivity index (χ3n) is 2.74.